The van der Waals surface area contributed by atoms with E-state index < -0.39 is 5.82 Å². The number of fused-ring (bicyclic) bond motifs is 3. The van der Waals surface area contributed by atoms with E-state index in [1.165, 1.54) is 31.0 Å². The maximum atomic E-state index is 14.0. The summed E-state index contributed by atoms with van der Waals surface area (Å²) in [5, 5.41) is 12.7. The first-order chi connectivity index (χ1) is 13.6. The lowest BCUT2D eigenvalue weighted by Crippen LogP contribution is -2.48. The third kappa shape index (κ3) is 2.75. The SMILES string of the molecule is CC12CCN(C3CCC3)CCN1c1ccc(-c3ccc(C#N)c(F)c3)cc1N2. The van der Waals surface area contributed by atoms with Crippen LogP contribution in [-0.4, -0.2) is 36.2 Å². The van der Waals surface area contributed by atoms with Gasteiger partial charge in [-0.05, 0) is 55.2 Å². The van der Waals surface area contributed by atoms with Gasteiger partial charge in [0.15, 0.2) is 0 Å². The van der Waals surface area contributed by atoms with Gasteiger partial charge in [0.2, 0.25) is 0 Å². The highest BCUT2D eigenvalue weighted by Gasteiger charge is 2.42. The Morgan fingerprint density at radius 3 is 2.61 bits per heavy atom. The lowest BCUT2D eigenvalue weighted by Gasteiger charge is -2.37. The van der Waals surface area contributed by atoms with Gasteiger partial charge < -0.3 is 10.2 Å². The van der Waals surface area contributed by atoms with Crippen molar-refractivity contribution in [1.82, 2.24) is 4.90 Å². The van der Waals surface area contributed by atoms with Crippen LogP contribution in [0.25, 0.3) is 11.1 Å². The summed E-state index contributed by atoms with van der Waals surface area (Å²) in [6.45, 7) is 5.56. The fourth-order valence-electron chi connectivity index (χ4n) is 4.84. The van der Waals surface area contributed by atoms with Gasteiger partial charge in [0.05, 0.1) is 16.9 Å². The minimum Gasteiger partial charge on any atom is -0.361 e. The second kappa shape index (κ2) is 6.49. The molecule has 2 fully saturated rings. The number of nitriles is 1. The molecule has 1 atom stereocenters. The summed E-state index contributed by atoms with van der Waals surface area (Å²) in [7, 11) is 0. The van der Waals surface area contributed by atoms with Crippen LogP contribution < -0.4 is 10.2 Å². The molecule has 4 nitrogen and oxygen atoms in total. The molecule has 1 saturated carbocycles. The van der Waals surface area contributed by atoms with Gasteiger partial charge in [0.1, 0.15) is 17.5 Å². The molecule has 0 amide bonds. The number of anilines is 2. The third-order valence-corrected chi connectivity index (χ3v) is 6.80. The Bertz CT molecular complexity index is 962. The van der Waals surface area contributed by atoms with Gasteiger partial charge in [-0.15, -0.1) is 0 Å². The van der Waals surface area contributed by atoms with Gasteiger partial charge in [-0.1, -0.05) is 18.6 Å². The van der Waals surface area contributed by atoms with E-state index in [1.807, 2.05) is 12.1 Å². The Kier molecular flexibility index (Phi) is 4.06. The van der Waals surface area contributed by atoms with Crippen molar-refractivity contribution in [3.63, 3.8) is 0 Å². The first-order valence-corrected chi connectivity index (χ1v) is 10.2. The largest absolute Gasteiger partial charge is 0.361 e. The van der Waals surface area contributed by atoms with Crippen molar-refractivity contribution in [1.29, 1.82) is 5.26 Å². The first kappa shape index (κ1) is 17.5. The Morgan fingerprint density at radius 2 is 1.89 bits per heavy atom. The zero-order valence-electron chi connectivity index (χ0n) is 16.2. The number of hydrogen-bond acceptors (Lipinski definition) is 4. The zero-order valence-corrected chi connectivity index (χ0v) is 16.2. The highest BCUT2D eigenvalue weighted by atomic mass is 19.1. The van der Waals surface area contributed by atoms with Crippen molar-refractivity contribution in [3.05, 3.63) is 47.8 Å². The average Bonchev–Trinajstić information content (AvgIpc) is 2.82. The van der Waals surface area contributed by atoms with Crippen LogP contribution in [0.1, 0.15) is 38.2 Å². The minimum absolute atomic E-state index is 0.0740. The van der Waals surface area contributed by atoms with Gasteiger partial charge in [0, 0.05) is 32.1 Å². The highest BCUT2D eigenvalue weighted by molar-refractivity contribution is 5.83. The second-order valence-electron chi connectivity index (χ2n) is 8.46. The van der Waals surface area contributed by atoms with Crippen LogP contribution in [0.15, 0.2) is 36.4 Å². The summed E-state index contributed by atoms with van der Waals surface area (Å²) in [4.78, 5) is 5.17. The Hall–Kier alpha value is -2.58. The Balaban J connectivity index is 1.42. The minimum atomic E-state index is -0.467. The van der Waals surface area contributed by atoms with Crippen molar-refractivity contribution >= 4 is 11.4 Å². The van der Waals surface area contributed by atoms with E-state index in [9.17, 15) is 4.39 Å². The molecule has 2 heterocycles. The van der Waals surface area contributed by atoms with Crippen LogP contribution in [0.2, 0.25) is 0 Å². The van der Waals surface area contributed by atoms with E-state index in [0.717, 1.165) is 48.9 Å². The molecule has 5 rings (SSSR count). The molecule has 5 heteroatoms. The van der Waals surface area contributed by atoms with E-state index in [1.54, 1.807) is 6.07 Å². The molecule has 28 heavy (non-hydrogen) atoms. The third-order valence-electron chi connectivity index (χ3n) is 6.80. The van der Waals surface area contributed by atoms with E-state index in [-0.39, 0.29) is 11.2 Å². The highest BCUT2D eigenvalue weighted by Crippen LogP contribution is 2.44. The molecule has 1 saturated heterocycles. The number of nitrogens with one attached hydrogen (secondary N) is 1. The van der Waals surface area contributed by atoms with Crippen molar-refractivity contribution < 1.29 is 4.39 Å². The molecular weight excluding hydrogens is 351 g/mol. The van der Waals surface area contributed by atoms with Crippen LogP contribution in [0, 0.1) is 17.1 Å². The van der Waals surface area contributed by atoms with Crippen LogP contribution in [0.5, 0.6) is 0 Å². The van der Waals surface area contributed by atoms with Gasteiger partial charge in [0.25, 0.3) is 0 Å². The number of nitrogens with zero attached hydrogens (tertiary/aromatic N) is 3. The fourth-order valence-corrected chi connectivity index (χ4v) is 4.84. The molecule has 1 unspecified atom stereocenters. The van der Waals surface area contributed by atoms with Crippen molar-refractivity contribution in [3.8, 4) is 17.2 Å². The lowest BCUT2D eigenvalue weighted by molar-refractivity contribution is 0.134. The fraction of sp³-hybridized carbons (Fsp3) is 0.435. The first-order valence-electron chi connectivity index (χ1n) is 10.2. The smallest absolute Gasteiger partial charge is 0.141 e. The molecule has 0 spiro atoms. The normalized spacial score (nSPS) is 24.5. The summed E-state index contributed by atoms with van der Waals surface area (Å²) < 4.78 is 14.0. The molecule has 1 aliphatic carbocycles. The standard InChI is InChI=1S/C23H25FN4/c1-23-9-10-27(19-3-2-4-19)11-12-28(23)22-8-7-17(14-21(22)26-23)16-5-6-18(15-25)20(24)13-16/h5-8,13-14,19,26H,2-4,9-12H2,1H3. The lowest BCUT2D eigenvalue weighted by atomic mass is 9.91. The monoisotopic (exact) mass is 376 g/mol. The summed E-state index contributed by atoms with van der Waals surface area (Å²) in [5.41, 5.74) is 4.11. The van der Waals surface area contributed by atoms with Gasteiger partial charge in [-0.25, -0.2) is 4.39 Å². The maximum Gasteiger partial charge on any atom is 0.141 e. The van der Waals surface area contributed by atoms with E-state index in [2.05, 4.69) is 40.2 Å². The van der Waals surface area contributed by atoms with E-state index in [0.29, 0.717) is 0 Å². The predicted molar refractivity (Wildman–Crippen MR) is 110 cm³/mol. The number of benzene rings is 2. The molecule has 0 aromatic heterocycles. The van der Waals surface area contributed by atoms with Gasteiger partial charge in [-0.3, -0.25) is 4.90 Å². The topological polar surface area (TPSA) is 42.3 Å². The van der Waals surface area contributed by atoms with Gasteiger partial charge >= 0.3 is 0 Å². The van der Waals surface area contributed by atoms with Crippen molar-refractivity contribution in [2.24, 2.45) is 0 Å². The Labute approximate surface area is 165 Å². The molecule has 3 aliphatic rings. The molecule has 2 aromatic rings. The number of rotatable bonds is 2. The van der Waals surface area contributed by atoms with E-state index in [4.69, 9.17) is 5.26 Å². The molecular formula is C23H25FN4. The average molecular weight is 376 g/mol. The van der Waals surface area contributed by atoms with E-state index >= 15 is 0 Å². The summed E-state index contributed by atoms with van der Waals surface area (Å²) in [6, 6.07) is 13.8. The maximum absolute atomic E-state index is 14.0. The summed E-state index contributed by atoms with van der Waals surface area (Å²) in [6.07, 6.45) is 5.16. The van der Waals surface area contributed by atoms with Crippen LogP contribution in [-0.2, 0) is 0 Å². The molecule has 1 N–H and O–H groups in total. The van der Waals surface area contributed by atoms with Crippen LogP contribution in [0.3, 0.4) is 0 Å². The molecule has 144 valence electrons. The number of halogens is 1. The zero-order chi connectivity index (χ0) is 19.3. The predicted octanol–water partition coefficient (Wildman–Crippen LogP) is 4.57. The molecule has 2 aromatic carbocycles. The Morgan fingerprint density at radius 1 is 1.11 bits per heavy atom. The van der Waals surface area contributed by atoms with Crippen LogP contribution >= 0.6 is 0 Å². The quantitative estimate of drug-likeness (QED) is 0.834. The van der Waals surface area contributed by atoms with Crippen LogP contribution in [0.4, 0.5) is 15.8 Å². The summed E-state index contributed by atoms with van der Waals surface area (Å²) >= 11 is 0. The summed E-state index contributed by atoms with van der Waals surface area (Å²) in [5.74, 6) is -0.467. The second-order valence-corrected chi connectivity index (χ2v) is 8.46. The van der Waals surface area contributed by atoms with Gasteiger partial charge in [-0.2, -0.15) is 5.26 Å². The number of hydrogen-bond donors (Lipinski definition) is 1. The molecule has 0 bridgehead atoms. The van der Waals surface area contributed by atoms with Crippen molar-refractivity contribution in [2.75, 3.05) is 29.9 Å². The molecule has 2 aliphatic heterocycles. The molecule has 0 radical (unpaired) electrons. The van der Waals surface area contributed by atoms with Crippen molar-refractivity contribution in [2.45, 2.75) is 44.3 Å².